The second-order valence-corrected chi connectivity index (χ2v) is 6.38. The van der Waals surface area contributed by atoms with E-state index in [2.05, 4.69) is 24.3 Å². The van der Waals surface area contributed by atoms with Gasteiger partial charge in [-0.05, 0) is 71.1 Å². The number of hydrogen-bond acceptors (Lipinski definition) is 2. The van der Waals surface area contributed by atoms with E-state index < -0.39 is 0 Å². The van der Waals surface area contributed by atoms with Gasteiger partial charge in [0.15, 0.2) is 0 Å². The largest absolute Gasteiger partial charge is 0.316 e. The van der Waals surface area contributed by atoms with Crippen molar-refractivity contribution in [2.45, 2.75) is 57.4 Å². The van der Waals surface area contributed by atoms with Gasteiger partial charge in [-0.2, -0.15) is 0 Å². The van der Waals surface area contributed by atoms with Crippen molar-refractivity contribution in [2.75, 3.05) is 27.2 Å². The summed E-state index contributed by atoms with van der Waals surface area (Å²) < 4.78 is 0. The minimum atomic E-state index is 0.834. The second-order valence-electron chi connectivity index (χ2n) is 6.38. The van der Waals surface area contributed by atoms with Crippen molar-refractivity contribution in [1.82, 2.24) is 10.2 Å². The molecule has 1 heterocycles. The minimum Gasteiger partial charge on any atom is -0.316 e. The summed E-state index contributed by atoms with van der Waals surface area (Å²) >= 11 is 0. The first-order valence-corrected chi connectivity index (χ1v) is 7.64. The first kappa shape index (κ1) is 13.4. The van der Waals surface area contributed by atoms with E-state index in [1.165, 1.54) is 64.5 Å². The Morgan fingerprint density at radius 1 is 1.06 bits per heavy atom. The van der Waals surface area contributed by atoms with Gasteiger partial charge in [0.05, 0.1) is 0 Å². The van der Waals surface area contributed by atoms with E-state index in [-0.39, 0.29) is 0 Å². The van der Waals surface area contributed by atoms with Crippen LogP contribution in [0, 0.1) is 11.8 Å². The molecule has 1 saturated carbocycles. The average Bonchev–Trinajstić information content (AvgIpc) is 2.38. The van der Waals surface area contributed by atoms with Gasteiger partial charge in [-0.15, -0.1) is 0 Å². The van der Waals surface area contributed by atoms with Crippen molar-refractivity contribution in [3.05, 3.63) is 0 Å². The summed E-state index contributed by atoms with van der Waals surface area (Å²) in [4.78, 5) is 2.50. The molecular formula is C15H30N2. The molecule has 2 fully saturated rings. The Morgan fingerprint density at radius 3 is 2.41 bits per heavy atom. The van der Waals surface area contributed by atoms with Crippen molar-refractivity contribution in [3.8, 4) is 0 Å². The Morgan fingerprint density at radius 2 is 1.82 bits per heavy atom. The molecule has 0 bridgehead atoms. The van der Waals surface area contributed by atoms with Crippen LogP contribution in [0.4, 0.5) is 0 Å². The molecule has 2 nitrogen and oxygen atoms in total. The number of hydrogen-bond donors (Lipinski definition) is 1. The molecule has 2 atom stereocenters. The maximum Gasteiger partial charge on any atom is 0.0120 e. The third-order valence-corrected chi connectivity index (χ3v) is 4.83. The molecule has 1 aliphatic heterocycles. The van der Waals surface area contributed by atoms with Crippen molar-refractivity contribution in [1.29, 1.82) is 0 Å². The lowest BCUT2D eigenvalue weighted by atomic mass is 9.79. The van der Waals surface area contributed by atoms with E-state index in [0.717, 1.165) is 17.9 Å². The third kappa shape index (κ3) is 3.96. The Bertz CT molecular complexity index is 203. The van der Waals surface area contributed by atoms with Crippen LogP contribution in [0.5, 0.6) is 0 Å². The zero-order valence-electron chi connectivity index (χ0n) is 11.8. The summed E-state index contributed by atoms with van der Waals surface area (Å²) in [6.45, 7) is 2.50. The van der Waals surface area contributed by atoms with Crippen molar-refractivity contribution < 1.29 is 0 Å². The van der Waals surface area contributed by atoms with Crippen LogP contribution in [0.15, 0.2) is 0 Å². The van der Waals surface area contributed by atoms with Crippen LogP contribution >= 0.6 is 0 Å². The van der Waals surface area contributed by atoms with Gasteiger partial charge in [0.25, 0.3) is 0 Å². The van der Waals surface area contributed by atoms with Crippen LogP contribution in [0.1, 0.15) is 51.4 Å². The number of nitrogens with one attached hydrogen (secondary N) is 1. The monoisotopic (exact) mass is 238 g/mol. The van der Waals surface area contributed by atoms with Gasteiger partial charge in [0.2, 0.25) is 0 Å². The highest BCUT2D eigenvalue weighted by atomic mass is 15.1. The molecule has 0 amide bonds. The Hall–Kier alpha value is -0.0800. The quantitative estimate of drug-likeness (QED) is 0.810. The summed E-state index contributed by atoms with van der Waals surface area (Å²) in [7, 11) is 4.57. The van der Waals surface area contributed by atoms with E-state index in [0.29, 0.717) is 0 Å². The van der Waals surface area contributed by atoms with E-state index in [1.54, 1.807) is 0 Å². The van der Waals surface area contributed by atoms with Gasteiger partial charge in [-0.1, -0.05) is 19.3 Å². The molecule has 2 heteroatoms. The molecule has 100 valence electrons. The molecule has 1 aliphatic carbocycles. The van der Waals surface area contributed by atoms with Crippen molar-refractivity contribution in [3.63, 3.8) is 0 Å². The fourth-order valence-electron chi connectivity index (χ4n) is 3.81. The van der Waals surface area contributed by atoms with Crippen molar-refractivity contribution in [2.24, 2.45) is 11.8 Å². The molecule has 1 N–H and O–H groups in total. The van der Waals surface area contributed by atoms with Gasteiger partial charge >= 0.3 is 0 Å². The highest BCUT2D eigenvalue weighted by Gasteiger charge is 2.28. The van der Waals surface area contributed by atoms with Crippen LogP contribution < -0.4 is 5.32 Å². The summed E-state index contributed by atoms with van der Waals surface area (Å²) in [6, 6.07) is 0.834. The van der Waals surface area contributed by atoms with Gasteiger partial charge in [0, 0.05) is 6.04 Å². The molecule has 0 aromatic carbocycles. The molecule has 0 radical (unpaired) electrons. The molecule has 2 unspecified atom stereocenters. The summed E-state index contributed by atoms with van der Waals surface area (Å²) in [5.74, 6) is 1.90. The lowest BCUT2D eigenvalue weighted by Crippen LogP contribution is -2.41. The summed E-state index contributed by atoms with van der Waals surface area (Å²) in [5.41, 5.74) is 0. The lowest BCUT2D eigenvalue weighted by Gasteiger charge is -2.38. The summed E-state index contributed by atoms with van der Waals surface area (Å²) in [5, 5.41) is 3.56. The lowest BCUT2D eigenvalue weighted by molar-refractivity contribution is 0.134. The van der Waals surface area contributed by atoms with E-state index >= 15 is 0 Å². The topological polar surface area (TPSA) is 15.3 Å². The SMILES string of the molecule is CN(C)C(CC1CCCNC1)C1CCCCC1. The van der Waals surface area contributed by atoms with Gasteiger partial charge in [-0.25, -0.2) is 0 Å². The van der Waals surface area contributed by atoms with E-state index in [1.807, 2.05) is 0 Å². The third-order valence-electron chi connectivity index (χ3n) is 4.83. The highest BCUT2D eigenvalue weighted by molar-refractivity contribution is 4.83. The molecule has 0 spiro atoms. The Kier molecular flexibility index (Phi) is 5.30. The Labute approximate surface area is 107 Å². The Balaban J connectivity index is 1.86. The first-order valence-electron chi connectivity index (χ1n) is 7.64. The van der Waals surface area contributed by atoms with Gasteiger partial charge in [-0.3, -0.25) is 0 Å². The number of nitrogens with zero attached hydrogens (tertiary/aromatic N) is 1. The van der Waals surface area contributed by atoms with Gasteiger partial charge < -0.3 is 10.2 Å². The normalized spacial score (nSPS) is 29.5. The van der Waals surface area contributed by atoms with Crippen LogP contribution in [-0.4, -0.2) is 38.1 Å². The summed E-state index contributed by atoms with van der Waals surface area (Å²) in [6.07, 6.45) is 11.6. The molecular weight excluding hydrogens is 208 g/mol. The predicted octanol–water partition coefficient (Wildman–Crippen LogP) is 2.89. The van der Waals surface area contributed by atoms with Gasteiger partial charge in [0.1, 0.15) is 0 Å². The van der Waals surface area contributed by atoms with Crippen LogP contribution in [0.25, 0.3) is 0 Å². The van der Waals surface area contributed by atoms with Crippen LogP contribution in [0.2, 0.25) is 0 Å². The number of rotatable bonds is 4. The molecule has 2 aliphatic rings. The average molecular weight is 238 g/mol. The molecule has 2 rings (SSSR count). The maximum atomic E-state index is 3.56. The zero-order valence-corrected chi connectivity index (χ0v) is 11.8. The van der Waals surface area contributed by atoms with E-state index in [4.69, 9.17) is 0 Å². The smallest absolute Gasteiger partial charge is 0.0120 e. The maximum absolute atomic E-state index is 3.56. The van der Waals surface area contributed by atoms with E-state index in [9.17, 15) is 0 Å². The predicted molar refractivity (Wildman–Crippen MR) is 74.3 cm³/mol. The zero-order chi connectivity index (χ0) is 12.1. The first-order chi connectivity index (χ1) is 8.27. The molecule has 17 heavy (non-hydrogen) atoms. The highest BCUT2D eigenvalue weighted by Crippen LogP contribution is 2.32. The fraction of sp³-hybridized carbons (Fsp3) is 1.00. The standard InChI is InChI=1S/C15H30N2/c1-17(2)15(14-8-4-3-5-9-14)11-13-7-6-10-16-12-13/h13-16H,3-12H2,1-2H3. The molecule has 1 saturated heterocycles. The molecule has 0 aromatic heterocycles. The number of piperidine rings is 1. The minimum absolute atomic E-state index is 0.834. The fourth-order valence-corrected chi connectivity index (χ4v) is 3.81. The molecule has 0 aromatic rings. The van der Waals surface area contributed by atoms with Crippen molar-refractivity contribution >= 4 is 0 Å². The second kappa shape index (κ2) is 6.75. The van der Waals surface area contributed by atoms with Crippen LogP contribution in [-0.2, 0) is 0 Å². The van der Waals surface area contributed by atoms with Crippen LogP contribution in [0.3, 0.4) is 0 Å².